The molecule has 0 radical (unpaired) electrons. The second kappa shape index (κ2) is 9.19. The molecule has 1 aliphatic rings. The van der Waals surface area contributed by atoms with Gasteiger partial charge < -0.3 is 24.7 Å². The van der Waals surface area contributed by atoms with E-state index in [1.807, 2.05) is 72.9 Å². The van der Waals surface area contributed by atoms with Gasteiger partial charge in [-0.2, -0.15) is 0 Å². The Balaban J connectivity index is 1.46. The number of rotatable bonds is 6. The molecule has 0 unspecified atom stereocenters. The van der Waals surface area contributed by atoms with E-state index >= 15 is 0 Å². The van der Waals surface area contributed by atoms with Crippen LogP contribution in [0, 0.1) is 13.8 Å². The third-order valence-corrected chi connectivity index (χ3v) is 6.33. The summed E-state index contributed by atoms with van der Waals surface area (Å²) in [6.45, 7) is 4.17. The third-order valence-electron chi connectivity index (χ3n) is 6.02. The molecule has 1 aliphatic heterocycles. The standard InChI is InChI=1S/C27H26N4O2S/c1-17-16-23(18(2)29-17)26-25(24-6-4-5-15-28-24)30-27(34)31(26)19-7-9-21(10-8-19)33-22-13-11-20(32-3)12-14-22/h4-16,25-26,29H,1-3H3,(H,30,34)/t25-,26-/m1/s1. The Hall–Kier alpha value is -3.84. The van der Waals surface area contributed by atoms with Crippen molar-refractivity contribution < 1.29 is 9.47 Å². The number of pyridine rings is 1. The van der Waals surface area contributed by atoms with Crippen LogP contribution >= 0.6 is 12.2 Å². The van der Waals surface area contributed by atoms with Gasteiger partial charge in [-0.05, 0) is 98.4 Å². The van der Waals surface area contributed by atoms with Gasteiger partial charge in [-0.1, -0.05) is 6.07 Å². The molecule has 6 nitrogen and oxygen atoms in total. The Kier molecular flexibility index (Phi) is 5.94. The Bertz CT molecular complexity index is 1290. The van der Waals surface area contributed by atoms with Crippen LogP contribution in [0.3, 0.4) is 0 Å². The molecule has 34 heavy (non-hydrogen) atoms. The van der Waals surface area contributed by atoms with Gasteiger partial charge in [0, 0.05) is 23.3 Å². The molecule has 1 fully saturated rings. The minimum absolute atomic E-state index is 0.0410. The normalized spacial score (nSPS) is 17.5. The lowest BCUT2D eigenvalue weighted by Gasteiger charge is -2.28. The summed E-state index contributed by atoms with van der Waals surface area (Å²) in [5.41, 5.74) is 5.38. The van der Waals surface area contributed by atoms with E-state index in [1.54, 1.807) is 7.11 Å². The highest BCUT2D eigenvalue weighted by Gasteiger charge is 2.41. The fourth-order valence-corrected chi connectivity index (χ4v) is 4.80. The van der Waals surface area contributed by atoms with Gasteiger partial charge in [-0.15, -0.1) is 0 Å². The van der Waals surface area contributed by atoms with Crippen LogP contribution in [0.5, 0.6) is 17.2 Å². The highest BCUT2D eigenvalue weighted by Crippen LogP contribution is 2.43. The molecule has 3 heterocycles. The highest BCUT2D eigenvalue weighted by atomic mass is 32.1. The van der Waals surface area contributed by atoms with E-state index in [9.17, 15) is 0 Å². The molecule has 1 saturated heterocycles. The summed E-state index contributed by atoms with van der Waals surface area (Å²) in [6.07, 6.45) is 1.82. The fourth-order valence-electron chi connectivity index (χ4n) is 4.46. The summed E-state index contributed by atoms with van der Waals surface area (Å²) in [5, 5.41) is 4.18. The summed E-state index contributed by atoms with van der Waals surface area (Å²) < 4.78 is 11.2. The van der Waals surface area contributed by atoms with Gasteiger partial charge in [-0.3, -0.25) is 4.98 Å². The van der Waals surface area contributed by atoms with E-state index < -0.39 is 0 Å². The predicted octanol–water partition coefficient (Wildman–Crippen LogP) is 6.00. The first-order valence-electron chi connectivity index (χ1n) is 11.1. The average molecular weight is 471 g/mol. The van der Waals surface area contributed by atoms with Crippen molar-refractivity contribution in [2.24, 2.45) is 0 Å². The van der Waals surface area contributed by atoms with Crippen molar-refractivity contribution in [2.75, 3.05) is 12.0 Å². The molecule has 2 aromatic heterocycles. The Morgan fingerprint density at radius 1 is 0.912 bits per heavy atom. The predicted molar refractivity (Wildman–Crippen MR) is 138 cm³/mol. The highest BCUT2D eigenvalue weighted by molar-refractivity contribution is 7.80. The number of aromatic amines is 1. The molecule has 2 atom stereocenters. The van der Waals surface area contributed by atoms with Crippen molar-refractivity contribution in [3.63, 3.8) is 0 Å². The molecule has 7 heteroatoms. The summed E-state index contributed by atoms with van der Waals surface area (Å²) in [6, 6.07) is 23.6. The SMILES string of the molecule is COc1ccc(Oc2ccc(N3C(=S)N[C@H](c4ccccn4)[C@H]3c3cc(C)[nH]c3C)cc2)cc1. The van der Waals surface area contributed by atoms with E-state index in [2.05, 4.69) is 40.1 Å². The van der Waals surface area contributed by atoms with Crippen LogP contribution in [0.4, 0.5) is 5.69 Å². The quantitative estimate of drug-likeness (QED) is 0.337. The lowest BCUT2D eigenvalue weighted by molar-refractivity contribution is 0.413. The second-order valence-corrected chi connectivity index (χ2v) is 8.69. The number of H-pyrrole nitrogens is 1. The Labute approximate surface area is 204 Å². The number of nitrogens with zero attached hydrogens (tertiary/aromatic N) is 2. The number of hydrogen-bond acceptors (Lipinski definition) is 4. The number of aromatic nitrogens is 2. The maximum atomic E-state index is 6.01. The van der Waals surface area contributed by atoms with Gasteiger partial charge in [-0.25, -0.2) is 0 Å². The number of aryl methyl sites for hydroxylation is 2. The van der Waals surface area contributed by atoms with E-state index in [1.165, 1.54) is 5.56 Å². The van der Waals surface area contributed by atoms with E-state index in [4.69, 9.17) is 21.7 Å². The third kappa shape index (κ3) is 4.22. The first kappa shape index (κ1) is 22.0. The van der Waals surface area contributed by atoms with Crippen LogP contribution in [0.1, 0.15) is 34.7 Å². The van der Waals surface area contributed by atoms with Crippen molar-refractivity contribution in [3.05, 3.63) is 102 Å². The van der Waals surface area contributed by atoms with E-state index in [0.29, 0.717) is 5.11 Å². The van der Waals surface area contributed by atoms with Crippen LogP contribution in [0.15, 0.2) is 79.0 Å². The average Bonchev–Trinajstić information content (AvgIpc) is 3.38. The van der Waals surface area contributed by atoms with Gasteiger partial charge in [0.2, 0.25) is 0 Å². The number of benzene rings is 2. The number of methoxy groups -OCH3 is 1. The van der Waals surface area contributed by atoms with Crippen LogP contribution in [-0.2, 0) is 0 Å². The minimum atomic E-state index is -0.0715. The van der Waals surface area contributed by atoms with Gasteiger partial charge in [0.1, 0.15) is 17.2 Å². The number of anilines is 1. The number of ether oxygens (including phenoxy) is 2. The molecule has 2 N–H and O–H groups in total. The van der Waals surface area contributed by atoms with E-state index in [-0.39, 0.29) is 12.1 Å². The molecular weight excluding hydrogens is 444 g/mol. The molecule has 0 spiro atoms. The first-order valence-corrected chi connectivity index (χ1v) is 11.5. The lowest BCUT2D eigenvalue weighted by Crippen LogP contribution is -2.29. The van der Waals surface area contributed by atoms with Crippen molar-refractivity contribution in [2.45, 2.75) is 25.9 Å². The molecule has 2 aromatic carbocycles. The number of hydrogen-bond donors (Lipinski definition) is 2. The maximum absolute atomic E-state index is 6.01. The molecule has 172 valence electrons. The smallest absolute Gasteiger partial charge is 0.174 e. The van der Waals surface area contributed by atoms with Gasteiger partial charge >= 0.3 is 0 Å². The summed E-state index contributed by atoms with van der Waals surface area (Å²) in [4.78, 5) is 10.2. The molecule has 4 aromatic rings. The lowest BCUT2D eigenvalue weighted by atomic mass is 9.96. The van der Waals surface area contributed by atoms with Gasteiger partial charge in [0.15, 0.2) is 5.11 Å². The molecule has 0 bridgehead atoms. The van der Waals surface area contributed by atoms with Crippen molar-refractivity contribution in [3.8, 4) is 17.2 Å². The second-order valence-electron chi connectivity index (χ2n) is 8.30. The monoisotopic (exact) mass is 470 g/mol. The fraction of sp³-hybridized carbons (Fsp3) is 0.185. The summed E-state index contributed by atoms with van der Waals surface area (Å²) in [5.74, 6) is 2.29. The molecule has 0 amide bonds. The topological polar surface area (TPSA) is 62.4 Å². The van der Waals surface area contributed by atoms with Crippen molar-refractivity contribution >= 4 is 23.0 Å². The molecule has 5 rings (SSSR count). The Morgan fingerprint density at radius 3 is 2.18 bits per heavy atom. The zero-order valence-corrected chi connectivity index (χ0v) is 20.1. The van der Waals surface area contributed by atoms with Crippen LogP contribution in [0.25, 0.3) is 0 Å². The van der Waals surface area contributed by atoms with Crippen LogP contribution in [-0.4, -0.2) is 22.2 Å². The largest absolute Gasteiger partial charge is 0.497 e. The zero-order chi connectivity index (χ0) is 23.7. The molecule has 0 saturated carbocycles. The van der Waals surface area contributed by atoms with Gasteiger partial charge in [0.25, 0.3) is 0 Å². The molecular formula is C27H26N4O2S. The van der Waals surface area contributed by atoms with Gasteiger partial charge in [0.05, 0.1) is 24.9 Å². The van der Waals surface area contributed by atoms with Crippen LogP contribution < -0.4 is 19.7 Å². The van der Waals surface area contributed by atoms with Crippen LogP contribution in [0.2, 0.25) is 0 Å². The van der Waals surface area contributed by atoms with Crippen molar-refractivity contribution in [1.82, 2.24) is 15.3 Å². The zero-order valence-electron chi connectivity index (χ0n) is 19.3. The number of thiocarbonyl (C=S) groups is 1. The maximum Gasteiger partial charge on any atom is 0.174 e. The summed E-state index contributed by atoms with van der Waals surface area (Å²) in [7, 11) is 1.65. The van der Waals surface area contributed by atoms with Crippen molar-refractivity contribution in [1.29, 1.82) is 0 Å². The summed E-state index contributed by atoms with van der Waals surface area (Å²) >= 11 is 5.82. The number of nitrogens with one attached hydrogen (secondary N) is 2. The minimum Gasteiger partial charge on any atom is -0.497 e. The van der Waals surface area contributed by atoms with E-state index in [0.717, 1.165) is 40.0 Å². The molecule has 0 aliphatic carbocycles. The first-order chi connectivity index (χ1) is 16.5. The Morgan fingerprint density at radius 2 is 1.59 bits per heavy atom.